The molecule has 0 aliphatic rings. The Morgan fingerprint density at radius 2 is 0.589 bits per heavy atom. The van der Waals surface area contributed by atoms with Crippen molar-refractivity contribution in [3.05, 3.63) is 12.2 Å². The lowest BCUT2D eigenvalue weighted by molar-refractivity contribution is -0.167. The average molecular weight is 791 g/mol. The summed E-state index contributed by atoms with van der Waals surface area (Å²) < 4.78 is 16.8. The van der Waals surface area contributed by atoms with Gasteiger partial charge in [0.25, 0.3) is 0 Å². The molecule has 330 valence electrons. The van der Waals surface area contributed by atoms with E-state index in [4.69, 9.17) is 14.2 Å². The summed E-state index contributed by atoms with van der Waals surface area (Å²) in [5.41, 5.74) is 0. The number of hydrogen-bond donors (Lipinski definition) is 0. The van der Waals surface area contributed by atoms with Crippen LogP contribution in [0.15, 0.2) is 12.2 Å². The first-order chi connectivity index (χ1) is 27.5. The van der Waals surface area contributed by atoms with Gasteiger partial charge in [-0.1, -0.05) is 219 Å². The van der Waals surface area contributed by atoms with Crippen molar-refractivity contribution in [3.8, 4) is 0 Å². The first kappa shape index (κ1) is 54.2. The van der Waals surface area contributed by atoms with Crippen LogP contribution in [0.2, 0.25) is 0 Å². The van der Waals surface area contributed by atoms with Crippen molar-refractivity contribution in [3.63, 3.8) is 0 Å². The van der Waals surface area contributed by atoms with E-state index in [0.29, 0.717) is 19.3 Å². The van der Waals surface area contributed by atoms with Crippen LogP contribution >= 0.6 is 0 Å². The zero-order chi connectivity index (χ0) is 40.8. The number of carbonyl (C=O) groups excluding carboxylic acids is 3. The Balaban J connectivity index is 4.34. The Bertz CT molecular complexity index is 870. The van der Waals surface area contributed by atoms with Crippen molar-refractivity contribution in [2.75, 3.05) is 13.2 Å². The maximum atomic E-state index is 12.7. The molecule has 0 saturated heterocycles. The second-order valence-electron chi connectivity index (χ2n) is 16.7. The molecule has 0 saturated carbocycles. The van der Waals surface area contributed by atoms with E-state index in [1.54, 1.807) is 0 Å². The molecule has 0 radical (unpaired) electrons. The predicted octanol–water partition coefficient (Wildman–Crippen LogP) is 15.8. The molecule has 0 N–H and O–H groups in total. The summed E-state index contributed by atoms with van der Waals surface area (Å²) in [5, 5.41) is 0. The van der Waals surface area contributed by atoms with Gasteiger partial charge in [-0.05, 0) is 44.9 Å². The van der Waals surface area contributed by atoms with E-state index in [2.05, 4.69) is 32.9 Å². The van der Waals surface area contributed by atoms with E-state index in [0.717, 1.165) is 64.2 Å². The molecule has 1 atom stereocenters. The van der Waals surface area contributed by atoms with E-state index >= 15 is 0 Å². The Morgan fingerprint density at radius 1 is 0.339 bits per heavy atom. The van der Waals surface area contributed by atoms with Crippen molar-refractivity contribution in [1.82, 2.24) is 0 Å². The van der Waals surface area contributed by atoms with E-state index < -0.39 is 6.10 Å². The maximum absolute atomic E-state index is 12.7. The maximum Gasteiger partial charge on any atom is 0.306 e. The van der Waals surface area contributed by atoms with Gasteiger partial charge in [-0.15, -0.1) is 0 Å². The summed E-state index contributed by atoms with van der Waals surface area (Å²) in [4.78, 5) is 37.8. The van der Waals surface area contributed by atoms with Crippen molar-refractivity contribution >= 4 is 17.9 Å². The lowest BCUT2D eigenvalue weighted by Crippen LogP contribution is -2.30. The largest absolute Gasteiger partial charge is 0.462 e. The van der Waals surface area contributed by atoms with Crippen LogP contribution in [-0.4, -0.2) is 37.2 Å². The molecule has 0 amide bonds. The molecule has 0 heterocycles. The number of ether oxygens (including phenoxy) is 3. The first-order valence-electron chi connectivity index (χ1n) is 24.7. The number of carbonyl (C=O) groups is 3. The van der Waals surface area contributed by atoms with Crippen molar-refractivity contribution < 1.29 is 28.6 Å². The molecule has 0 aromatic rings. The fraction of sp³-hybridized carbons (Fsp3) is 0.900. The molecular weight excluding hydrogens is 697 g/mol. The second kappa shape index (κ2) is 45.8. The highest BCUT2D eigenvalue weighted by Crippen LogP contribution is 2.16. The van der Waals surface area contributed by atoms with Gasteiger partial charge in [-0.3, -0.25) is 14.4 Å². The van der Waals surface area contributed by atoms with Gasteiger partial charge in [0, 0.05) is 19.3 Å². The molecule has 0 bridgehead atoms. The van der Waals surface area contributed by atoms with Gasteiger partial charge in [0.05, 0.1) is 0 Å². The summed E-state index contributed by atoms with van der Waals surface area (Å²) in [7, 11) is 0. The molecule has 6 heteroatoms. The summed E-state index contributed by atoms with van der Waals surface area (Å²) >= 11 is 0. The topological polar surface area (TPSA) is 78.9 Å². The Morgan fingerprint density at radius 3 is 0.911 bits per heavy atom. The Labute approximate surface area is 348 Å². The van der Waals surface area contributed by atoms with Gasteiger partial charge in [0.15, 0.2) is 6.10 Å². The molecule has 0 aliphatic heterocycles. The molecule has 0 aliphatic carbocycles. The SMILES string of the molecule is CCCCCC/C=C\CCCCCCCC(=O)OC[C@H](COC(=O)CCCCCCCCCCCCCC)OC(=O)CCCCCCCCCCCCCCC. The zero-order valence-corrected chi connectivity index (χ0v) is 37.7. The van der Waals surface area contributed by atoms with E-state index in [9.17, 15) is 14.4 Å². The normalized spacial score (nSPS) is 12.0. The average Bonchev–Trinajstić information content (AvgIpc) is 3.19. The lowest BCUT2D eigenvalue weighted by Gasteiger charge is -2.18. The van der Waals surface area contributed by atoms with Gasteiger partial charge < -0.3 is 14.2 Å². The molecular formula is C50H94O6. The molecule has 0 unspecified atom stereocenters. The molecule has 0 fully saturated rings. The smallest absolute Gasteiger partial charge is 0.306 e. The number of unbranched alkanes of at least 4 members (excludes halogenated alkanes) is 32. The van der Waals surface area contributed by atoms with Gasteiger partial charge in [0.1, 0.15) is 13.2 Å². The van der Waals surface area contributed by atoms with Crippen LogP contribution in [0.5, 0.6) is 0 Å². The number of rotatable bonds is 45. The van der Waals surface area contributed by atoms with E-state index in [-0.39, 0.29) is 31.1 Å². The van der Waals surface area contributed by atoms with Crippen LogP contribution in [-0.2, 0) is 28.6 Å². The highest BCUT2D eigenvalue weighted by Gasteiger charge is 2.19. The third-order valence-corrected chi connectivity index (χ3v) is 11.0. The van der Waals surface area contributed by atoms with Gasteiger partial charge in [-0.25, -0.2) is 0 Å². The highest BCUT2D eigenvalue weighted by atomic mass is 16.6. The Hall–Kier alpha value is -1.85. The van der Waals surface area contributed by atoms with Gasteiger partial charge in [-0.2, -0.15) is 0 Å². The molecule has 0 rings (SSSR count). The summed E-state index contributed by atoms with van der Waals surface area (Å²) in [5.74, 6) is -0.864. The molecule has 0 spiro atoms. The fourth-order valence-electron chi connectivity index (χ4n) is 7.26. The molecule has 56 heavy (non-hydrogen) atoms. The standard InChI is InChI=1S/C50H94O6/c1-4-7-10-13-16-19-22-25-28-31-34-37-40-43-49(52)55-46-47(45-54-48(51)42-39-36-33-30-27-24-21-18-15-12-9-6-3)56-50(53)44-41-38-35-32-29-26-23-20-17-14-11-8-5-2/h19,22,47H,4-18,20-21,23-46H2,1-3H3/b22-19-/t47-/m0/s1. The number of allylic oxidation sites excluding steroid dienone is 2. The zero-order valence-electron chi connectivity index (χ0n) is 37.7. The van der Waals surface area contributed by atoms with Crippen molar-refractivity contribution in [2.45, 2.75) is 277 Å². The van der Waals surface area contributed by atoms with E-state index in [1.807, 2.05) is 0 Å². The van der Waals surface area contributed by atoms with Crippen LogP contribution in [0.4, 0.5) is 0 Å². The van der Waals surface area contributed by atoms with Gasteiger partial charge >= 0.3 is 17.9 Å². The molecule has 6 nitrogen and oxygen atoms in total. The van der Waals surface area contributed by atoms with Crippen molar-refractivity contribution in [2.24, 2.45) is 0 Å². The third-order valence-electron chi connectivity index (χ3n) is 11.0. The minimum atomic E-state index is -0.765. The van der Waals surface area contributed by atoms with Crippen LogP contribution in [0, 0.1) is 0 Å². The highest BCUT2D eigenvalue weighted by molar-refractivity contribution is 5.71. The minimum absolute atomic E-state index is 0.0676. The van der Waals surface area contributed by atoms with Crippen LogP contribution in [0.25, 0.3) is 0 Å². The summed E-state index contributed by atoms with van der Waals surface area (Å²) in [6, 6.07) is 0. The number of esters is 3. The van der Waals surface area contributed by atoms with Crippen LogP contribution in [0.1, 0.15) is 271 Å². The Kier molecular flexibility index (Phi) is 44.3. The fourth-order valence-corrected chi connectivity index (χ4v) is 7.26. The second-order valence-corrected chi connectivity index (χ2v) is 16.7. The first-order valence-corrected chi connectivity index (χ1v) is 24.7. The monoisotopic (exact) mass is 791 g/mol. The van der Waals surface area contributed by atoms with Crippen LogP contribution in [0.3, 0.4) is 0 Å². The van der Waals surface area contributed by atoms with Crippen molar-refractivity contribution in [1.29, 1.82) is 0 Å². The summed E-state index contributed by atoms with van der Waals surface area (Å²) in [6.07, 6.45) is 49.0. The third kappa shape index (κ3) is 43.3. The lowest BCUT2D eigenvalue weighted by atomic mass is 10.0. The number of hydrogen-bond acceptors (Lipinski definition) is 6. The molecule has 0 aromatic carbocycles. The van der Waals surface area contributed by atoms with Crippen LogP contribution < -0.4 is 0 Å². The minimum Gasteiger partial charge on any atom is -0.462 e. The molecule has 0 aromatic heterocycles. The predicted molar refractivity (Wildman–Crippen MR) is 238 cm³/mol. The van der Waals surface area contributed by atoms with Gasteiger partial charge in [0.2, 0.25) is 0 Å². The van der Waals surface area contributed by atoms with E-state index in [1.165, 1.54) is 167 Å². The summed E-state index contributed by atoms with van der Waals surface area (Å²) in [6.45, 7) is 6.63. The quantitative estimate of drug-likeness (QED) is 0.0264.